The summed E-state index contributed by atoms with van der Waals surface area (Å²) in [7, 11) is 6.18. The van der Waals surface area contributed by atoms with Gasteiger partial charge in [0.1, 0.15) is 0 Å². The van der Waals surface area contributed by atoms with Crippen molar-refractivity contribution >= 4 is 16.8 Å². The van der Waals surface area contributed by atoms with Crippen LogP contribution in [0, 0.1) is 0 Å². The van der Waals surface area contributed by atoms with Gasteiger partial charge in [-0.1, -0.05) is 0 Å². The van der Waals surface area contributed by atoms with Gasteiger partial charge >= 0.3 is 0 Å². The van der Waals surface area contributed by atoms with Crippen molar-refractivity contribution in [1.29, 1.82) is 0 Å². The third-order valence-corrected chi connectivity index (χ3v) is 3.31. The van der Waals surface area contributed by atoms with E-state index in [-0.39, 0.29) is 5.91 Å². The molecule has 0 saturated heterocycles. The summed E-state index contributed by atoms with van der Waals surface area (Å²) in [6.45, 7) is 0.875. The topological polar surface area (TPSA) is 81.8 Å². The fourth-order valence-electron chi connectivity index (χ4n) is 2.30. The molecule has 1 aromatic carbocycles. The van der Waals surface area contributed by atoms with Gasteiger partial charge in [-0.2, -0.15) is 0 Å². The molecule has 1 amide bonds. The van der Waals surface area contributed by atoms with E-state index in [1.807, 2.05) is 0 Å². The second-order valence-electron chi connectivity index (χ2n) is 4.52. The Morgan fingerprint density at radius 2 is 1.86 bits per heavy atom. The van der Waals surface area contributed by atoms with Crippen LogP contribution in [0.2, 0.25) is 0 Å². The van der Waals surface area contributed by atoms with E-state index in [1.165, 1.54) is 14.2 Å². The second kappa shape index (κ2) is 7.04. The Morgan fingerprint density at radius 3 is 2.45 bits per heavy atom. The molecule has 120 valence electrons. The van der Waals surface area contributed by atoms with Crippen LogP contribution in [0.4, 0.5) is 0 Å². The summed E-state index contributed by atoms with van der Waals surface area (Å²) < 4.78 is 21.0. The van der Waals surface area contributed by atoms with Crippen LogP contribution in [0.5, 0.6) is 17.2 Å². The first kappa shape index (κ1) is 16.0. The lowest BCUT2D eigenvalue weighted by Gasteiger charge is -2.14. The fraction of sp³-hybridized carbons (Fsp3) is 0.400. The molecule has 7 heteroatoms. The van der Waals surface area contributed by atoms with Crippen LogP contribution in [0.3, 0.4) is 0 Å². The van der Waals surface area contributed by atoms with Crippen LogP contribution in [0.1, 0.15) is 10.4 Å². The van der Waals surface area contributed by atoms with E-state index in [0.29, 0.717) is 41.3 Å². The van der Waals surface area contributed by atoms with Crippen LogP contribution in [0.15, 0.2) is 12.3 Å². The molecular formula is C15H20N2O5. The number of amides is 1. The first-order valence-corrected chi connectivity index (χ1v) is 6.75. The van der Waals surface area contributed by atoms with Crippen LogP contribution in [0.25, 0.3) is 10.9 Å². The van der Waals surface area contributed by atoms with Crippen molar-refractivity contribution in [3.63, 3.8) is 0 Å². The van der Waals surface area contributed by atoms with Gasteiger partial charge in [0, 0.05) is 25.9 Å². The fourth-order valence-corrected chi connectivity index (χ4v) is 2.30. The lowest BCUT2D eigenvalue weighted by molar-refractivity contribution is 0.0938. The summed E-state index contributed by atoms with van der Waals surface area (Å²) in [5.41, 5.74) is 1.20. The average molecular weight is 308 g/mol. The molecule has 0 spiro atoms. The molecule has 0 aliphatic carbocycles. The zero-order valence-electron chi connectivity index (χ0n) is 13.1. The molecule has 0 aliphatic rings. The normalized spacial score (nSPS) is 10.5. The van der Waals surface area contributed by atoms with Crippen molar-refractivity contribution in [3.05, 3.63) is 17.8 Å². The number of nitrogens with one attached hydrogen (secondary N) is 2. The first-order valence-electron chi connectivity index (χ1n) is 6.75. The van der Waals surface area contributed by atoms with E-state index in [0.717, 1.165) is 5.52 Å². The van der Waals surface area contributed by atoms with Crippen molar-refractivity contribution in [2.75, 3.05) is 41.6 Å². The molecule has 0 fully saturated rings. The molecule has 1 aromatic heterocycles. The highest BCUT2D eigenvalue weighted by atomic mass is 16.5. The maximum absolute atomic E-state index is 12.3. The molecule has 0 atom stereocenters. The summed E-state index contributed by atoms with van der Waals surface area (Å²) in [5.74, 6) is 1.21. The second-order valence-corrected chi connectivity index (χ2v) is 4.52. The minimum atomic E-state index is -0.214. The number of carbonyl (C=O) groups excluding carboxylic acids is 1. The van der Waals surface area contributed by atoms with Crippen LogP contribution < -0.4 is 19.5 Å². The van der Waals surface area contributed by atoms with E-state index < -0.39 is 0 Å². The summed E-state index contributed by atoms with van der Waals surface area (Å²) >= 11 is 0. The number of ether oxygens (including phenoxy) is 4. The van der Waals surface area contributed by atoms with E-state index in [1.54, 1.807) is 26.5 Å². The van der Waals surface area contributed by atoms with Gasteiger partial charge in [-0.25, -0.2) is 0 Å². The van der Waals surface area contributed by atoms with Crippen LogP contribution in [-0.2, 0) is 4.74 Å². The van der Waals surface area contributed by atoms with Gasteiger partial charge in [-0.3, -0.25) is 4.79 Å². The van der Waals surface area contributed by atoms with E-state index in [2.05, 4.69) is 10.3 Å². The molecule has 0 aliphatic heterocycles. The number of aromatic amines is 1. The molecule has 2 aromatic rings. The third-order valence-electron chi connectivity index (χ3n) is 3.31. The van der Waals surface area contributed by atoms with Gasteiger partial charge in [0.25, 0.3) is 5.91 Å². The maximum atomic E-state index is 12.3. The standard InChI is InChI=1S/C15H20N2O5/c1-19-6-5-16-15(18)9-8-17-10-7-11(20-2)13(21-3)14(22-4)12(9)10/h7-8,17H,5-6H2,1-4H3,(H,16,18). The molecule has 1 heterocycles. The maximum Gasteiger partial charge on any atom is 0.253 e. The van der Waals surface area contributed by atoms with Gasteiger partial charge < -0.3 is 29.2 Å². The quantitative estimate of drug-likeness (QED) is 0.759. The Hall–Kier alpha value is -2.41. The Balaban J connectivity index is 2.51. The molecule has 0 saturated carbocycles. The highest BCUT2D eigenvalue weighted by molar-refractivity contribution is 6.10. The van der Waals surface area contributed by atoms with Gasteiger partial charge in [-0.15, -0.1) is 0 Å². The summed E-state index contributed by atoms with van der Waals surface area (Å²) in [6.07, 6.45) is 1.63. The number of hydrogen-bond acceptors (Lipinski definition) is 5. The number of carbonyl (C=O) groups is 1. The van der Waals surface area contributed by atoms with Crippen molar-refractivity contribution in [3.8, 4) is 17.2 Å². The predicted octanol–water partition coefficient (Wildman–Crippen LogP) is 1.57. The van der Waals surface area contributed by atoms with E-state index in [4.69, 9.17) is 18.9 Å². The number of methoxy groups -OCH3 is 4. The number of H-pyrrole nitrogens is 1. The molecule has 22 heavy (non-hydrogen) atoms. The monoisotopic (exact) mass is 308 g/mol. The van der Waals surface area contributed by atoms with Crippen molar-refractivity contribution in [2.45, 2.75) is 0 Å². The van der Waals surface area contributed by atoms with Crippen LogP contribution >= 0.6 is 0 Å². The first-order chi connectivity index (χ1) is 10.7. The van der Waals surface area contributed by atoms with E-state index >= 15 is 0 Å². The Labute approximate surface area is 128 Å². The van der Waals surface area contributed by atoms with Gasteiger partial charge in [-0.05, 0) is 0 Å². The molecule has 2 rings (SSSR count). The zero-order chi connectivity index (χ0) is 16.1. The number of aromatic nitrogens is 1. The van der Waals surface area contributed by atoms with Crippen LogP contribution in [-0.4, -0.2) is 52.5 Å². The summed E-state index contributed by atoms with van der Waals surface area (Å²) in [4.78, 5) is 15.4. The highest BCUT2D eigenvalue weighted by Crippen LogP contribution is 2.44. The average Bonchev–Trinajstić information content (AvgIpc) is 2.96. The Kier molecular flexibility index (Phi) is 5.11. The van der Waals surface area contributed by atoms with Gasteiger partial charge in [0.2, 0.25) is 5.75 Å². The van der Waals surface area contributed by atoms with Crippen molar-refractivity contribution in [2.24, 2.45) is 0 Å². The molecule has 0 bridgehead atoms. The summed E-state index contributed by atoms with van der Waals surface area (Å²) in [5, 5.41) is 3.43. The molecule has 0 radical (unpaired) electrons. The number of hydrogen-bond donors (Lipinski definition) is 2. The Bertz CT molecular complexity index is 665. The van der Waals surface area contributed by atoms with E-state index in [9.17, 15) is 4.79 Å². The van der Waals surface area contributed by atoms with Crippen molar-refractivity contribution in [1.82, 2.24) is 10.3 Å². The molecular weight excluding hydrogens is 288 g/mol. The largest absolute Gasteiger partial charge is 0.493 e. The van der Waals surface area contributed by atoms with Crippen molar-refractivity contribution < 1.29 is 23.7 Å². The molecule has 0 unspecified atom stereocenters. The minimum Gasteiger partial charge on any atom is -0.493 e. The smallest absolute Gasteiger partial charge is 0.253 e. The van der Waals surface area contributed by atoms with Gasteiger partial charge in [0.15, 0.2) is 11.5 Å². The number of rotatable bonds is 7. The Morgan fingerprint density at radius 1 is 1.14 bits per heavy atom. The lowest BCUT2D eigenvalue weighted by atomic mass is 10.1. The minimum absolute atomic E-state index is 0.214. The van der Waals surface area contributed by atoms with Gasteiger partial charge in [0.05, 0.1) is 44.4 Å². The molecule has 2 N–H and O–H groups in total. The highest BCUT2D eigenvalue weighted by Gasteiger charge is 2.22. The lowest BCUT2D eigenvalue weighted by Crippen LogP contribution is -2.26. The summed E-state index contributed by atoms with van der Waals surface area (Å²) in [6, 6.07) is 1.77. The number of benzene rings is 1. The predicted molar refractivity (Wildman–Crippen MR) is 82.2 cm³/mol. The number of fused-ring (bicyclic) bond motifs is 1. The third kappa shape index (κ3) is 2.80. The SMILES string of the molecule is COCCNC(=O)c1c[nH]c2cc(OC)c(OC)c(OC)c12. The molecule has 7 nitrogen and oxygen atoms in total. The zero-order valence-corrected chi connectivity index (χ0v) is 13.1.